The summed E-state index contributed by atoms with van der Waals surface area (Å²) in [6.45, 7) is 4.17. The Hall–Kier alpha value is 0.170. The van der Waals surface area contributed by atoms with Crippen molar-refractivity contribution < 1.29 is 0 Å². The first-order valence-electron chi connectivity index (χ1n) is 4.53. The van der Waals surface area contributed by atoms with Gasteiger partial charge in [-0.25, -0.2) is 0 Å². The van der Waals surface area contributed by atoms with Gasteiger partial charge in [-0.15, -0.1) is 22.7 Å². The Labute approximate surface area is 111 Å². The Morgan fingerprint density at radius 2 is 2.07 bits per heavy atom. The molecule has 0 aliphatic carbocycles. The van der Waals surface area contributed by atoms with Crippen LogP contribution in [-0.4, -0.2) is 0 Å². The van der Waals surface area contributed by atoms with E-state index in [4.69, 9.17) is 11.6 Å². The van der Waals surface area contributed by atoms with Gasteiger partial charge in [0.05, 0.1) is 9.16 Å². The van der Waals surface area contributed by atoms with E-state index in [1.807, 2.05) is 6.92 Å². The second-order valence-electron chi connectivity index (χ2n) is 3.46. The summed E-state index contributed by atoms with van der Waals surface area (Å²) in [5.41, 5.74) is 2.48. The summed E-state index contributed by atoms with van der Waals surface area (Å²) in [5.74, 6) is 0. The molecular formula is C11H10BrClS2. The summed E-state index contributed by atoms with van der Waals surface area (Å²) in [7, 11) is 0. The topological polar surface area (TPSA) is 0 Å². The van der Waals surface area contributed by atoms with Crippen molar-refractivity contribution in [2.75, 3.05) is 0 Å². The molecule has 0 spiro atoms. The van der Waals surface area contributed by atoms with Gasteiger partial charge in [-0.1, -0.05) is 27.5 Å². The van der Waals surface area contributed by atoms with E-state index in [2.05, 4.69) is 40.4 Å². The number of rotatable bonds is 2. The van der Waals surface area contributed by atoms with Crippen LogP contribution >= 0.6 is 50.2 Å². The third-order valence-electron chi connectivity index (χ3n) is 2.17. The highest BCUT2D eigenvalue weighted by atomic mass is 79.9. The van der Waals surface area contributed by atoms with Crippen molar-refractivity contribution >= 4 is 50.2 Å². The van der Waals surface area contributed by atoms with Crippen molar-refractivity contribution in [3.8, 4) is 0 Å². The van der Waals surface area contributed by atoms with E-state index >= 15 is 0 Å². The van der Waals surface area contributed by atoms with Gasteiger partial charge in [0.25, 0.3) is 0 Å². The number of aryl methyl sites for hydroxylation is 2. The van der Waals surface area contributed by atoms with Crippen LogP contribution in [0.3, 0.4) is 0 Å². The lowest BCUT2D eigenvalue weighted by atomic mass is 10.2. The van der Waals surface area contributed by atoms with Crippen LogP contribution in [-0.2, 0) is 0 Å². The van der Waals surface area contributed by atoms with Gasteiger partial charge in [0.2, 0.25) is 0 Å². The molecule has 0 amide bonds. The molecule has 0 aromatic carbocycles. The summed E-state index contributed by atoms with van der Waals surface area (Å²) in [5, 5.41) is 2.19. The zero-order valence-corrected chi connectivity index (χ0v) is 12.4. The van der Waals surface area contributed by atoms with Crippen molar-refractivity contribution in [1.82, 2.24) is 0 Å². The van der Waals surface area contributed by atoms with Crippen molar-refractivity contribution in [3.05, 3.63) is 42.7 Å². The molecule has 15 heavy (non-hydrogen) atoms. The smallest absolute Gasteiger partial charge is 0.0960 e. The van der Waals surface area contributed by atoms with E-state index in [9.17, 15) is 0 Å². The second kappa shape index (κ2) is 4.58. The molecule has 0 fully saturated rings. The number of hydrogen-bond donors (Lipinski definition) is 0. The molecule has 2 aromatic heterocycles. The average molecular weight is 322 g/mol. The van der Waals surface area contributed by atoms with E-state index in [1.54, 1.807) is 22.7 Å². The van der Waals surface area contributed by atoms with Crippen molar-refractivity contribution in [3.63, 3.8) is 0 Å². The summed E-state index contributed by atoms with van der Waals surface area (Å²) >= 11 is 13.2. The molecule has 1 atom stereocenters. The molecule has 0 saturated heterocycles. The van der Waals surface area contributed by atoms with Crippen molar-refractivity contribution in [2.24, 2.45) is 0 Å². The minimum atomic E-state index is 0.277. The highest BCUT2D eigenvalue weighted by Gasteiger charge is 2.15. The zero-order valence-electron chi connectivity index (χ0n) is 8.38. The fourth-order valence-electron chi connectivity index (χ4n) is 1.37. The van der Waals surface area contributed by atoms with E-state index in [1.165, 1.54) is 15.3 Å². The van der Waals surface area contributed by atoms with E-state index in [0.29, 0.717) is 0 Å². The van der Waals surface area contributed by atoms with Crippen molar-refractivity contribution in [2.45, 2.75) is 18.7 Å². The number of alkyl halides is 1. The van der Waals surface area contributed by atoms with Crippen LogP contribution in [0.4, 0.5) is 0 Å². The van der Waals surface area contributed by atoms with Gasteiger partial charge in [0, 0.05) is 9.75 Å². The number of hydrogen-bond acceptors (Lipinski definition) is 2. The summed E-state index contributed by atoms with van der Waals surface area (Å²) in [6, 6.07) is 4.37. The van der Waals surface area contributed by atoms with E-state index < -0.39 is 0 Å². The molecule has 0 bridgehead atoms. The molecule has 0 N–H and O–H groups in total. The van der Waals surface area contributed by atoms with Gasteiger partial charge < -0.3 is 0 Å². The predicted octanol–water partition coefficient (Wildman–Crippen LogP) is 5.56. The maximum Gasteiger partial charge on any atom is 0.0960 e. The predicted molar refractivity (Wildman–Crippen MR) is 73.9 cm³/mol. The fraction of sp³-hybridized carbons (Fsp3) is 0.273. The monoisotopic (exact) mass is 320 g/mol. The lowest BCUT2D eigenvalue weighted by molar-refractivity contribution is 1.24. The molecular weight excluding hydrogens is 312 g/mol. The molecule has 2 aromatic rings. The van der Waals surface area contributed by atoms with Crippen LogP contribution in [0.5, 0.6) is 0 Å². The van der Waals surface area contributed by atoms with Gasteiger partial charge in [-0.2, -0.15) is 0 Å². The number of halogens is 2. The van der Waals surface area contributed by atoms with E-state index in [0.717, 1.165) is 9.90 Å². The Morgan fingerprint density at radius 3 is 2.53 bits per heavy atom. The van der Waals surface area contributed by atoms with Crippen LogP contribution < -0.4 is 0 Å². The van der Waals surface area contributed by atoms with Crippen molar-refractivity contribution in [1.29, 1.82) is 0 Å². The van der Waals surface area contributed by atoms with Crippen LogP contribution in [0.15, 0.2) is 17.5 Å². The van der Waals surface area contributed by atoms with Gasteiger partial charge in [-0.05, 0) is 42.5 Å². The highest BCUT2D eigenvalue weighted by Crippen LogP contribution is 2.40. The first-order chi connectivity index (χ1) is 7.08. The Bertz CT molecular complexity index is 453. The molecule has 1 unspecified atom stereocenters. The number of thiophene rings is 2. The van der Waals surface area contributed by atoms with Gasteiger partial charge >= 0.3 is 0 Å². The first kappa shape index (κ1) is 11.6. The average Bonchev–Trinajstić information content (AvgIpc) is 2.74. The molecule has 0 radical (unpaired) electrons. The molecule has 0 aliphatic rings. The fourth-order valence-corrected chi connectivity index (χ4v) is 4.18. The molecule has 2 rings (SSSR count). The zero-order chi connectivity index (χ0) is 11.0. The molecule has 0 nitrogen and oxygen atoms in total. The minimum Gasteiger partial charge on any atom is -0.149 e. The lowest BCUT2D eigenvalue weighted by Crippen LogP contribution is -1.85. The molecule has 2 heterocycles. The van der Waals surface area contributed by atoms with Gasteiger partial charge in [-0.3, -0.25) is 0 Å². The normalized spacial score (nSPS) is 13.1. The minimum absolute atomic E-state index is 0.277. The molecule has 80 valence electrons. The third kappa shape index (κ3) is 2.47. The lowest BCUT2D eigenvalue weighted by Gasteiger charge is -2.03. The SMILES string of the molecule is Cc1cc(C(Br)c2cc(C)c(Cl)s2)cs1. The van der Waals surface area contributed by atoms with Gasteiger partial charge in [0.1, 0.15) is 0 Å². The first-order valence-corrected chi connectivity index (χ1v) is 7.52. The Balaban J connectivity index is 2.31. The maximum atomic E-state index is 6.07. The van der Waals surface area contributed by atoms with Crippen LogP contribution in [0.25, 0.3) is 0 Å². The van der Waals surface area contributed by atoms with Gasteiger partial charge in [0.15, 0.2) is 0 Å². The molecule has 4 heteroatoms. The van der Waals surface area contributed by atoms with Crippen LogP contribution in [0, 0.1) is 13.8 Å². The standard InChI is InChI=1S/C11H10BrClS2/c1-6-3-9(15-11(6)13)10(12)8-4-7(2)14-5-8/h3-5,10H,1-2H3. The highest BCUT2D eigenvalue weighted by molar-refractivity contribution is 9.09. The summed E-state index contributed by atoms with van der Waals surface area (Å²) in [4.78, 5) is 2.89. The third-order valence-corrected chi connectivity index (χ3v) is 5.99. The van der Waals surface area contributed by atoms with Crippen LogP contribution in [0.2, 0.25) is 4.34 Å². The Kier molecular flexibility index (Phi) is 3.56. The summed E-state index contributed by atoms with van der Waals surface area (Å²) < 4.78 is 0.890. The second-order valence-corrected chi connectivity index (χ2v) is 7.18. The quantitative estimate of drug-likeness (QED) is 0.635. The molecule has 0 saturated carbocycles. The summed E-state index contributed by atoms with van der Waals surface area (Å²) in [6.07, 6.45) is 0. The molecule has 0 aliphatic heterocycles. The van der Waals surface area contributed by atoms with Crippen LogP contribution in [0.1, 0.15) is 25.7 Å². The Morgan fingerprint density at radius 1 is 1.33 bits per heavy atom. The maximum absolute atomic E-state index is 6.07. The largest absolute Gasteiger partial charge is 0.149 e. The van der Waals surface area contributed by atoms with E-state index in [-0.39, 0.29) is 4.83 Å².